The molecule has 1 aliphatic heterocycles. The quantitative estimate of drug-likeness (QED) is 0.400. The lowest BCUT2D eigenvalue weighted by Gasteiger charge is -2.15. The van der Waals surface area contributed by atoms with E-state index < -0.39 is 0 Å². The Kier molecular flexibility index (Phi) is 7.36. The Hall–Kier alpha value is -3.37. The summed E-state index contributed by atoms with van der Waals surface area (Å²) in [6, 6.07) is 26.0. The maximum Gasteiger partial charge on any atom is 0.252 e. The molecular weight excluding hydrogens is 396 g/mol. The van der Waals surface area contributed by atoms with E-state index in [1.165, 1.54) is 31.5 Å². The first-order chi connectivity index (χ1) is 15.7. The third kappa shape index (κ3) is 5.86. The molecule has 1 heterocycles. The SMILES string of the molecule is COc1ccc(/C=C(/C(=O)NCc2ccc(CN3CCCC3)cc2)c2ccccc2)cc1. The van der Waals surface area contributed by atoms with Crippen LogP contribution in [0.3, 0.4) is 0 Å². The lowest BCUT2D eigenvalue weighted by molar-refractivity contribution is -0.115. The second kappa shape index (κ2) is 10.8. The van der Waals surface area contributed by atoms with Crippen LogP contribution in [-0.4, -0.2) is 31.0 Å². The van der Waals surface area contributed by atoms with Crippen LogP contribution in [0.15, 0.2) is 78.9 Å². The molecule has 0 spiro atoms. The highest BCUT2D eigenvalue weighted by molar-refractivity contribution is 6.24. The first-order valence-electron chi connectivity index (χ1n) is 11.2. The molecule has 0 saturated carbocycles. The highest BCUT2D eigenvalue weighted by Crippen LogP contribution is 2.21. The Balaban J connectivity index is 1.44. The monoisotopic (exact) mass is 426 g/mol. The second-order valence-corrected chi connectivity index (χ2v) is 8.18. The standard InChI is InChI=1S/C28H30N2O2/c1-32-26-15-13-22(14-16-26)19-27(25-7-3-2-4-8-25)28(31)29-20-23-9-11-24(12-10-23)21-30-17-5-6-18-30/h2-4,7-16,19H,5-6,17-18,20-21H2,1H3,(H,29,31)/b27-19+. The maximum atomic E-state index is 13.1. The molecule has 164 valence electrons. The summed E-state index contributed by atoms with van der Waals surface area (Å²) in [7, 11) is 1.65. The van der Waals surface area contributed by atoms with Crippen molar-refractivity contribution in [2.24, 2.45) is 0 Å². The summed E-state index contributed by atoms with van der Waals surface area (Å²) >= 11 is 0. The Morgan fingerprint density at radius 3 is 2.22 bits per heavy atom. The zero-order valence-electron chi connectivity index (χ0n) is 18.6. The minimum Gasteiger partial charge on any atom is -0.497 e. The highest BCUT2D eigenvalue weighted by Gasteiger charge is 2.13. The predicted molar refractivity (Wildman–Crippen MR) is 130 cm³/mol. The topological polar surface area (TPSA) is 41.6 Å². The molecule has 1 aliphatic rings. The molecule has 1 fully saturated rings. The van der Waals surface area contributed by atoms with E-state index in [1.807, 2.05) is 60.7 Å². The summed E-state index contributed by atoms with van der Waals surface area (Å²) < 4.78 is 5.24. The third-order valence-electron chi connectivity index (χ3n) is 5.84. The van der Waals surface area contributed by atoms with Gasteiger partial charge in [-0.05, 0) is 66.4 Å². The van der Waals surface area contributed by atoms with E-state index in [9.17, 15) is 4.79 Å². The van der Waals surface area contributed by atoms with E-state index in [4.69, 9.17) is 4.74 Å². The van der Waals surface area contributed by atoms with Gasteiger partial charge in [-0.25, -0.2) is 0 Å². The maximum absolute atomic E-state index is 13.1. The van der Waals surface area contributed by atoms with Gasteiger partial charge < -0.3 is 10.1 Å². The number of amides is 1. The predicted octanol–water partition coefficient (Wildman–Crippen LogP) is 5.15. The minimum absolute atomic E-state index is 0.0897. The smallest absolute Gasteiger partial charge is 0.252 e. The molecule has 0 aliphatic carbocycles. The summed E-state index contributed by atoms with van der Waals surface area (Å²) in [5, 5.41) is 3.09. The molecule has 3 aromatic carbocycles. The molecule has 4 rings (SSSR count). The van der Waals surface area contributed by atoms with Crippen molar-refractivity contribution in [1.82, 2.24) is 10.2 Å². The van der Waals surface area contributed by atoms with Gasteiger partial charge in [0.2, 0.25) is 0 Å². The lowest BCUT2D eigenvalue weighted by Crippen LogP contribution is -2.24. The number of methoxy groups -OCH3 is 1. The van der Waals surface area contributed by atoms with Crippen molar-refractivity contribution in [1.29, 1.82) is 0 Å². The molecule has 0 radical (unpaired) electrons. The Labute approximate surface area is 190 Å². The molecule has 0 aromatic heterocycles. The Morgan fingerprint density at radius 1 is 0.906 bits per heavy atom. The van der Waals surface area contributed by atoms with E-state index in [0.29, 0.717) is 12.1 Å². The number of hydrogen-bond donors (Lipinski definition) is 1. The lowest BCUT2D eigenvalue weighted by atomic mass is 10.0. The van der Waals surface area contributed by atoms with E-state index >= 15 is 0 Å². The van der Waals surface area contributed by atoms with Gasteiger partial charge in [-0.2, -0.15) is 0 Å². The van der Waals surface area contributed by atoms with Crippen molar-refractivity contribution in [3.8, 4) is 5.75 Å². The van der Waals surface area contributed by atoms with Crippen LogP contribution in [0.5, 0.6) is 5.75 Å². The van der Waals surface area contributed by atoms with Crippen LogP contribution < -0.4 is 10.1 Å². The van der Waals surface area contributed by atoms with Crippen molar-refractivity contribution >= 4 is 17.6 Å². The Morgan fingerprint density at radius 2 is 1.56 bits per heavy atom. The normalized spacial score (nSPS) is 14.3. The summed E-state index contributed by atoms with van der Waals surface area (Å²) in [6.07, 6.45) is 4.53. The number of likely N-dealkylation sites (tertiary alicyclic amines) is 1. The molecule has 1 amide bonds. The molecule has 4 nitrogen and oxygen atoms in total. The van der Waals surface area contributed by atoms with Crippen LogP contribution in [0.25, 0.3) is 11.6 Å². The molecule has 4 heteroatoms. The molecule has 0 bridgehead atoms. The van der Waals surface area contributed by atoms with Crippen molar-refractivity contribution in [3.63, 3.8) is 0 Å². The zero-order valence-corrected chi connectivity index (χ0v) is 18.6. The highest BCUT2D eigenvalue weighted by atomic mass is 16.5. The van der Waals surface area contributed by atoms with Gasteiger partial charge in [0.1, 0.15) is 5.75 Å². The fourth-order valence-electron chi connectivity index (χ4n) is 4.00. The van der Waals surface area contributed by atoms with Crippen molar-refractivity contribution in [2.75, 3.05) is 20.2 Å². The fraction of sp³-hybridized carbons (Fsp3) is 0.250. The summed E-state index contributed by atoms with van der Waals surface area (Å²) in [5.41, 5.74) is 4.90. The van der Waals surface area contributed by atoms with Gasteiger partial charge in [0.25, 0.3) is 5.91 Å². The average Bonchev–Trinajstić information content (AvgIpc) is 3.36. The summed E-state index contributed by atoms with van der Waals surface area (Å²) in [5.74, 6) is 0.703. The number of benzene rings is 3. The number of carbonyl (C=O) groups is 1. The van der Waals surface area contributed by atoms with Gasteiger partial charge in [-0.3, -0.25) is 9.69 Å². The van der Waals surface area contributed by atoms with Crippen molar-refractivity contribution < 1.29 is 9.53 Å². The van der Waals surface area contributed by atoms with E-state index in [-0.39, 0.29) is 5.91 Å². The van der Waals surface area contributed by atoms with Gasteiger partial charge in [0, 0.05) is 18.7 Å². The van der Waals surface area contributed by atoms with Crippen molar-refractivity contribution in [3.05, 3.63) is 101 Å². The van der Waals surface area contributed by atoms with E-state index in [0.717, 1.165) is 29.0 Å². The first-order valence-corrected chi connectivity index (χ1v) is 11.2. The molecule has 3 aromatic rings. The van der Waals surface area contributed by atoms with Crippen LogP contribution in [0.4, 0.5) is 0 Å². The van der Waals surface area contributed by atoms with Gasteiger partial charge >= 0.3 is 0 Å². The average molecular weight is 427 g/mol. The van der Waals surface area contributed by atoms with Crippen LogP contribution in [0.2, 0.25) is 0 Å². The van der Waals surface area contributed by atoms with Crippen LogP contribution in [-0.2, 0) is 17.9 Å². The van der Waals surface area contributed by atoms with Crippen LogP contribution in [0, 0.1) is 0 Å². The second-order valence-electron chi connectivity index (χ2n) is 8.18. The van der Waals surface area contributed by atoms with Gasteiger partial charge in [-0.1, -0.05) is 66.7 Å². The number of hydrogen-bond acceptors (Lipinski definition) is 3. The number of nitrogens with one attached hydrogen (secondary N) is 1. The van der Waals surface area contributed by atoms with Crippen LogP contribution in [0.1, 0.15) is 35.1 Å². The summed E-state index contributed by atoms with van der Waals surface area (Å²) in [6.45, 7) is 3.90. The Bertz CT molecular complexity index is 1040. The number of carbonyl (C=O) groups excluding carboxylic acids is 1. The molecule has 1 N–H and O–H groups in total. The molecule has 32 heavy (non-hydrogen) atoms. The molecular formula is C28H30N2O2. The van der Waals surface area contributed by atoms with Crippen LogP contribution >= 0.6 is 0 Å². The number of nitrogens with zero attached hydrogens (tertiary/aromatic N) is 1. The summed E-state index contributed by atoms with van der Waals surface area (Å²) in [4.78, 5) is 15.6. The fourth-order valence-corrected chi connectivity index (χ4v) is 4.00. The van der Waals surface area contributed by atoms with E-state index in [1.54, 1.807) is 7.11 Å². The van der Waals surface area contributed by atoms with Gasteiger partial charge in [0.05, 0.1) is 7.11 Å². The zero-order chi connectivity index (χ0) is 22.2. The van der Waals surface area contributed by atoms with Gasteiger partial charge in [0.15, 0.2) is 0 Å². The number of rotatable bonds is 8. The van der Waals surface area contributed by atoms with E-state index in [2.05, 4.69) is 34.5 Å². The molecule has 1 saturated heterocycles. The third-order valence-corrected chi connectivity index (χ3v) is 5.84. The first kappa shape index (κ1) is 21.8. The largest absolute Gasteiger partial charge is 0.497 e. The molecule has 0 unspecified atom stereocenters. The van der Waals surface area contributed by atoms with Crippen molar-refractivity contribution in [2.45, 2.75) is 25.9 Å². The minimum atomic E-state index is -0.0897. The van der Waals surface area contributed by atoms with Gasteiger partial charge in [-0.15, -0.1) is 0 Å². The molecule has 0 atom stereocenters. The number of ether oxygens (including phenoxy) is 1.